The van der Waals surface area contributed by atoms with Crippen LogP contribution < -0.4 is 4.90 Å². The van der Waals surface area contributed by atoms with E-state index in [4.69, 9.17) is 21.6 Å². The third-order valence-electron chi connectivity index (χ3n) is 2.81. The molecule has 5 nitrogen and oxygen atoms in total. The smallest absolute Gasteiger partial charge is 0.341 e. The Kier molecular flexibility index (Phi) is 4.03. The molecule has 1 aromatic carbocycles. The number of nitrogens with zero attached hydrogens (tertiary/aromatic N) is 2. The Balaban J connectivity index is 2.35. The summed E-state index contributed by atoms with van der Waals surface area (Å²) in [5.74, 6) is -0.676. The molecular weight excluding hydrogens is 268 g/mol. The van der Waals surface area contributed by atoms with E-state index in [2.05, 4.69) is 0 Å². The number of carbonyl (C=O) groups is 2. The highest BCUT2D eigenvalue weighted by atomic mass is 35.5. The van der Waals surface area contributed by atoms with E-state index >= 15 is 0 Å². The number of hydrogen-bond donors (Lipinski definition) is 0. The summed E-state index contributed by atoms with van der Waals surface area (Å²) in [4.78, 5) is 25.1. The highest BCUT2D eigenvalue weighted by molar-refractivity contribution is 6.31. The van der Waals surface area contributed by atoms with Crippen LogP contribution in [0.2, 0.25) is 5.02 Å². The molecule has 1 heterocycles. The number of hydrogen-bond acceptors (Lipinski definition) is 4. The fourth-order valence-corrected chi connectivity index (χ4v) is 2.15. The number of benzene rings is 1. The lowest BCUT2D eigenvalue weighted by atomic mass is 10.1. The minimum Gasteiger partial charge on any atom is -0.447 e. The second-order valence-electron chi connectivity index (χ2n) is 4.04. The van der Waals surface area contributed by atoms with Gasteiger partial charge in [-0.1, -0.05) is 11.6 Å². The predicted octanol–water partition coefficient (Wildman–Crippen LogP) is 2.15. The Bertz CT molecular complexity index is 565. The molecule has 6 heteroatoms. The Labute approximate surface area is 115 Å². The van der Waals surface area contributed by atoms with Crippen molar-refractivity contribution in [3.05, 3.63) is 28.8 Å². The highest BCUT2D eigenvalue weighted by Crippen LogP contribution is 2.29. The van der Waals surface area contributed by atoms with Crippen LogP contribution in [0.3, 0.4) is 0 Å². The lowest BCUT2D eigenvalue weighted by Gasteiger charge is -2.19. The molecule has 0 unspecified atom stereocenters. The number of rotatable bonds is 3. The Morgan fingerprint density at radius 3 is 2.95 bits per heavy atom. The standard InChI is InChI=1S/C13H11ClN2O3/c14-9-3-4-10(13(18)19-7-5-15)11(8-9)16-6-1-2-12(16)17/h3-4,8H,1-2,6-7H2. The number of ether oxygens (including phenoxy) is 1. The van der Waals surface area contributed by atoms with Gasteiger partial charge < -0.3 is 9.64 Å². The molecule has 1 fully saturated rings. The molecule has 0 spiro atoms. The first-order chi connectivity index (χ1) is 9.13. The number of amides is 1. The topological polar surface area (TPSA) is 70.4 Å². The van der Waals surface area contributed by atoms with Gasteiger partial charge in [-0.2, -0.15) is 5.26 Å². The van der Waals surface area contributed by atoms with Crippen molar-refractivity contribution in [1.82, 2.24) is 0 Å². The summed E-state index contributed by atoms with van der Waals surface area (Å²) >= 11 is 5.91. The van der Waals surface area contributed by atoms with Crippen molar-refractivity contribution in [2.24, 2.45) is 0 Å². The van der Waals surface area contributed by atoms with Crippen LogP contribution in [0, 0.1) is 11.3 Å². The van der Waals surface area contributed by atoms with E-state index in [9.17, 15) is 9.59 Å². The maximum atomic E-state index is 11.8. The van der Waals surface area contributed by atoms with Crippen LogP contribution in [0.1, 0.15) is 23.2 Å². The van der Waals surface area contributed by atoms with Crippen LogP contribution >= 0.6 is 11.6 Å². The van der Waals surface area contributed by atoms with Crippen molar-refractivity contribution in [2.75, 3.05) is 18.1 Å². The Morgan fingerprint density at radius 1 is 1.53 bits per heavy atom. The monoisotopic (exact) mass is 278 g/mol. The van der Waals surface area contributed by atoms with Crippen LogP contribution in [0.5, 0.6) is 0 Å². The summed E-state index contributed by atoms with van der Waals surface area (Å²) in [6.45, 7) is 0.229. The van der Waals surface area contributed by atoms with E-state index in [1.807, 2.05) is 0 Å². The van der Waals surface area contributed by atoms with E-state index in [-0.39, 0.29) is 18.1 Å². The molecule has 1 aliphatic rings. The molecule has 0 aliphatic carbocycles. The van der Waals surface area contributed by atoms with Crippen molar-refractivity contribution < 1.29 is 14.3 Å². The minimum absolute atomic E-state index is 0.0448. The second-order valence-corrected chi connectivity index (χ2v) is 4.48. The zero-order valence-electron chi connectivity index (χ0n) is 10.1. The fourth-order valence-electron chi connectivity index (χ4n) is 1.98. The van der Waals surface area contributed by atoms with Crippen molar-refractivity contribution in [2.45, 2.75) is 12.8 Å². The van der Waals surface area contributed by atoms with E-state index in [1.165, 1.54) is 11.0 Å². The molecule has 1 saturated heterocycles. The van der Waals surface area contributed by atoms with Crippen molar-refractivity contribution in [3.63, 3.8) is 0 Å². The lowest BCUT2D eigenvalue weighted by molar-refractivity contribution is -0.117. The molecule has 98 valence electrons. The highest BCUT2D eigenvalue weighted by Gasteiger charge is 2.26. The molecule has 0 radical (unpaired) electrons. The summed E-state index contributed by atoms with van der Waals surface area (Å²) in [5.41, 5.74) is 0.688. The minimum atomic E-state index is -0.632. The molecule has 1 aromatic rings. The van der Waals surface area contributed by atoms with Gasteiger partial charge in [0.2, 0.25) is 5.91 Å². The first kappa shape index (κ1) is 13.4. The molecule has 1 aliphatic heterocycles. The number of esters is 1. The first-order valence-electron chi connectivity index (χ1n) is 5.77. The second kappa shape index (κ2) is 5.72. The molecule has 0 aromatic heterocycles. The van der Waals surface area contributed by atoms with Gasteiger partial charge in [0, 0.05) is 18.0 Å². The van der Waals surface area contributed by atoms with E-state index in [0.717, 1.165) is 6.42 Å². The van der Waals surface area contributed by atoms with Crippen LogP contribution in [0.25, 0.3) is 0 Å². The molecule has 0 bridgehead atoms. The van der Waals surface area contributed by atoms with Gasteiger partial charge in [0.15, 0.2) is 6.61 Å². The van der Waals surface area contributed by atoms with Gasteiger partial charge in [-0.15, -0.1) is 0 Å². The zero-order chi connectivity index (χ0) is 13.8. The molecule has 0 saturated carbocycles. The average Bonchev–Trinajstić information content (AvgIpc) is 2.82. The van der Waals surface area contributed by atoms with Crippen molar-refractivity contribution >= 4 is 29.2 Å². The quantitative estimate of drug-likeness (QED) is 0.794. The molecule has 2 rings (SSSR count). The summed E-state index contributed by atoms with van der Waals surface area (Å²) in [5, 5.41) is 8.85. The van der Waals surface area contributed by atoms with E-state index in [0.29, 0.717) is 23.7 Å². The lowest BCUT2D eigenvalue weighted by Crippen LogP contribution is -2.26. The van der Waals surface area contributed by atoms with E-state index in [1.54, 1.807) is 18.2 Å². The largest absolute Gasteiger partial charge is 0.447 e. The van der Waals surface area contributed by atoms with Crippen LogP contribution in [-0.2, 0) is 9.53 Å². The molecule has 1 amide bonds. The summed E-state index contributed by atoms with van der Waals surface area (Å²) in [6.07, 6.45) is 1.21. The van der Waals surface area contributed by atoms with Crippen molar-refractivity contribution in [1.29, 1.82) is 5.26 Å². The average molecular weight is 279 g/mol. The predicted molar refractivity (Wildman–Crippen MR) is 68.9 cm³/mol. The van der Waals surface area contributed by atoms with Crippen LogP contribution in [-0.4, -0.2) is 25.0 Å². The van der Waals surface area contributed by atoms with Gasteiger partial charge in [0.05, 0.1) is 11.3 Å². The van der Waals surface area contributed by atoms with Gasteiger partial charge >= 0.3 is 5.97 Å². The maximum absolute atomic E-state index is 11.8. The number of nitriles is 1. The van der Waals surface area contributed by atoms with E-state index < -0.39 is 5.97 Å². The Morgan fingerprint density at radius 2 is 2.32 bits per heavy atom. The number of carbonyl (C=O) groups excluding carboxylic acids is 2. The van der Waals surface area contributed by atoms with Gasteiger partial charge in [-0.05, 0) is 24.6 Å². The molecule has 0 atom stereocenters. The number of halogens is 1. The number of anilines is 1. The van der Waals surface area contributed by atoms with Gasteiger partial charge in [-0.25, -0.2) is 4.79 Å². The molecular formula is C13H11ClN2O3. The normalized spacial score (nSPS) is 14.3. The summed E-state index contributed by atoms with van der Waals surface area (Å²) in [6, 6.07) is 6.34. The SMILES string of the molecule is N#CCOC(=O)c1ccc(Cl)cc1N1CCCC1=O. The van der Waals surface area contributed by atoms with Crippen LogP contribution in [0.15, 0.2) is 18.2 Å². The molecule has 0 N–H and O–H groups in total. The summed E-state index contributed by atoms with van der Waals surface area (Å²) < 4.78 is 4.77. The Hall–Kier alpha value is -2.06. The third kappa shape index (κ3) is 2.85. The maximum Gasteiger partial charge on any atom is 0.341 e. The van der Waals surface area contributed by atoms with Gasteiger partial charge in [0.25, 0.3) is 0 Å². The fraction of sp³-hybridized carbons (Fsp3) is 0.308. The molecule has 19 heavy (non-hydrogen) atoms. The zero-order valence-corrected chi connectivity index (χ0v) is 10.8. The van der Waals surface area contributed by atoms with Gasteiger partial charge in [-0.3, -0.25) is 4.79 Å². The first-order valence-corrected chi connectivity index (χ1v) is 6.15. The van der Waals surface area contributed by atoms with Crippen LogP contribution in [0.4, 0.5) is 5.69 Å². The van der Waals surface area contributed by atoms with Crippen molar-refractivity contribution in [3.8, 4) is 6.07 Å². The third-order valence-corrected chi connectivity index (χ3v) is 3.05. The van der Waals surface area contributed by atoms with Gasteiger partial charge in [0.1, 0.15) is 6.07 Å². The summed E-state index contributed by atoms with van der Waals surface area (Å²) in [7, 11) is 0.